The van der Waals surface area contributed by atoms with Crippen LogP contribution in [0.1, 0.15) is 61.3 Å². The number of rotatable bonds is 7. The molecular weight excluding hydrogens is 294 g/mol. The maximum absolute atomic E-state index is 12.5. The minimum Gasteiger partial charge on any atom is -0.444 e. The molecule has 23 heavy (non-hydrogen) atoms. The van der Waals surface area contributed by atoms with Crippen molar-refractivity contribution in [2.75, 3.05) is 0 Å². The lowest BCUT2D eigenvalue weighted by Crippen LogP contribution is -2.53. The first kappa shape index (κ1) is 21.2. The van der Waals surface area contributed by atoms with Crippen LogP contribution in [0.4, 0.5) is 4.79 Å². The molecule has 0 aliphatic heterocycles. The van der Waals surface area contributed by atoms with Crippen LogP contribution < -0.4 is 10.6 Å². The smallest absolute Gasteiger partial charge is 0.408 e. The summed E-state index contributed by atoms with van der Waals surface area (Å²) in [5.41, 5.74) is -0.632. The lowest BCUT2D eigenvalue weighted by Gasteiger charge is -2.27. The van der Waals surface area contributed by atoms with Gasteiger partial charge in [0.05, 0.1) is 6.07 Å². The molecule has 132 valence electrons. The van der Waals surface area contributed by atoms with Crippen molar-refractivity contribution in [3.8, 4) is 6.07 Å². The van der Waals surface area contributed by atoms with Gasteiger partial charge in [-0.05, 0) is 39.0 Å². The van der Waals surface area contributed by atoms with Crippen molar-refractivity contribution in [1.29, 1.82) is 5.26 Å². The van der Waals surface area contributed by atoms with Crippen molar-refractivity contribution in [2.24, 2.45) is 11.8 Å². The van der Waals surface area contributed by atoms with Crippen molar-refractivity contribution in [1.82, 2.24) is 10.6 Å². The van der Waals surface area contributed by atoms with Crippen LogP contribution in [0.3, 0.4) is 0 Å². The minimum atomic E-state index is -0.724. The topological polar surface area (TPSA) is 91.2 Å². The molecule has 6 nitrogen and oxygen atoms in total. The summed E-state index contributed by atoms with van der Waals surface area (Å²) in [6.07, 6.45) is 0.660. The van der Waals surface area contributed by atoms with Gasteiger partial charge in [-0.1, -0.05) is 34.1 Å². The summed E-state index contributed by atoms with van der Waals surface area (Å²) in [7, 11) is 0. The second-order valence-corrected chi connectivity index (χ2v) is 7.33. The summed E-state index contributed by atoms with van der Waals surface area (Å²) in [5, 5.41) is 14.5. The third-order valence-electron chi connectivity index (χ3n) is 3.35. The van der Waals surface area contributed by atoms with E-state index in [-0.39, 0.29) is 11.8 Å². The minimum absolute atomic E-state index is 0.0686. The summed E-state index contributed by atoms with van der Waals surface area (Å²) >= 11 is 0. The number of hydrogen-bond donors (Lipinski definition) is 2. The normalized spacial score (nSPS) is 15.3. The number of alkyl carbamates (subject to hydrolysis) is 1. The molecule has 2 amide bonds. The fraction of sp³-hybridized carbons (Fsp3) is 0.824. The Labute approximate surface area is 140 Å². The van der Waals surface area contributed by atoms with Gasteiger partial charge in [0.15, 0.2) is 0 Å². The highest BCUT2D eigenvalue weighted by atomic mass is 16.6. The van der Waals surface area contributed by atoms with E-state index in [9.17, 15) is 9.59 Å². The van der Waals surface area contributed by atoms with Gasteiger partial charge in [0.1, 0.15) is 17.7 Å². The zero-order chi connectivity index (χ0) is 18.2. The molecule has 0 aliphatic carbocycles. The average Bonchev–Trinajstić information content (AvgIpc) is 2.40. The Bertz CT molecular complexity index is 435. The summed E-state index contributed by atoms with van der Waals surface area (Å²) in [5.74, 6) is -0.126. The van der Waals surface area contributed by atoms with Crippen LogP contribution in [-0.4, -0.2) is 29.7 Å². The molecule has 0 radical (unpaired) electrons. The molecule has 2 N–H and O–H groups in total. The van der Waals surface area contributed by atoms with Gasteiger partial charge in [-0.2, -0.15) is 5.26 Å². The first-order valence-electron chi connectivity index (χ1n) is 8.19. The number of carbonyl (C=O) groups is 2. The van der Waals surface area contributed by atoms with E-state index in [1.165, 1.54) is 0 Å². The predicted molar refractivity (Wildman–Crippen MR) is 89.6 cm³/mol. The SMILES string of the molecule is CC[C@H](C)[C@H](NC(=O)OC(C)(C)C)C(=O)N[C@H](C#N)CC(C)C. The average molecular weight is 325 g/mol. The molecule has 0 spiro atoms. The number of nitrogens with one attached hydrogen (secondary N) is 2. The molecule has 0 aromatic rings. The summed E-state index contributed by atoms with van der Waals surface area (Å²) in [6.45, 7) is 13.1. The molecule has 0 fully saturated rings. The van der Waals surface area contributed by atoms with Gasteiger partial charge in [0.2, 0.25) is 5.91 Å². The molecule has 0 aromatic carbocycles. The van der Waals surface area contributed by atoms with E-state index in [1.54, 1.807) is 20.8 Å². The Hall–Kier alpha value is -1.77. The van der Waals surface area contributed by atoms with Crippen molar-refractivity contribution < 1.29 is 14.3 Å². The molecule has 0 unspecified atom stereocenters. The van der Waals surface area contributed by atoms with Crippen molar-refractivity contribution in [3.05, 3.63) is 0 Å². The van der Waals surface area contributed by atoms with Crippen LogP contribution in [0.5, 0.6) is 0 Å². The Morgan fingerprint density at radius 1 is 1.17 bits per heavy atom. The standard InChI is InChI=1S/C17H31N3O3/c1-8-12(4)14(20-16(22)23-17(5,6)7)15(21)19-13(10-18)9-11(2)3/h11-14H,8-9H2,1-7H3,(H,19,21)(H,20,22)/t12-,13-,14-/m0/s1. The van der Waals surface area contributed by atoms with Crippen LogP contribution in [-0.2, 0) is 9.53 Å². The first-order chi connectivity index (χ1) is 10.5. The third kappa shape index (κ3) is 9.07. The monoisotopic (exact) mass is 325 g/mol. The molecule has 0 heterocycles. The number of nitrogens with zero attached hydrogens (tertiary/aromatic N) is 1. The maximum atomic E-state index is 12.5. The van der Waals surface area contributed by atoms with E-state index < -0.39 is 23.8 Å². The van der Waals surface area contributed by atoms with E-state index in [2.05, 4.69) is 16.7 Å². The highest BCUT2D eigenvalue weighted by molar-refractivity contribution is 5.86. The van der Waals surface area contributed by atoms with Gasteiger partial charge in [0, 0.05) is 0 Å². The lowest BCUT2D eigenvalue weighted by molar-refractivity contribution is -0.124. The highest BCUT2D eigenvalue weighted by Gasteiger charge is 2.29. The third-order valence-corrected chi connectivity index (χ3v) is 3.35. The number of carbonyl (C=O) groups excluding carboxylic acids is 2. The molecule has 3 atom stereocenters. The van der Waals surface area contributed by atoms with Crippen LogP contribution in [0.15, 0.2) is 0 Å². The molecule has 0 saturated heterocycles. The fourth-order valence-electron chi connectivity index (χ4n) is 2.01. The summed E-state index contributed by atoms with van der Waals surface area (Å²) in [4.78, 5) is 24.4. The number of nitriles is 1. The highest BCUT2D eigenvalue weighted by Crippen LogP contribution is 2.12. The molecular formula is C17H31N3O3. The van der Waals surface area contributed by atoms with Gasteiger partial charge >= 0.3 is 6.09 Å². The Morgan fingerprint density at radius 3 is 2.13 bits per heavy atom. The quantitative estimate of drug-likeness (QED) is 0.753. The van der Waals surface area contributed by atoms with Crippen molar-refractivity contribution in [2.45, 2.75) is 79.0 Å². The summed E-state index contributed by atoms with van der Waals surface area (Å²) in [6, 6.07) is 0.807. The molecule has 0 aliphatic rings. The zero-order valence-corrected chi connectivity index (χ0v) is 15.4. The Kier molecular flexibility index (Phi) is 8.66. The summed E-state index contributed by atoms with van der Waals surface area (Å²) < 4.78 is 5.21. The van der Waals surface area contributed by atoms with Gasteiger partial charge < -0.3 is 15.4 Å². The molecule has 0 saturated carbocycles. The van der Waals surface area contributed by atoms with Crippen LogP contribution in [0, 0.1) is 23.2 Å². The predicted octanol–water partition coefficient (Wildman–Crippen LogP) is 2.98. The van der Waals surface area contributed by atoms with Gasteiger partial charge in [-0.3, -0.25) is 4.79 Å². The second-order valence-electron chi connectivity index (χ2n) is 7.33. The Morgan fingerprint density at radius 2 is 1.74 bits per heavy atom. The second kappa shape index (κ2) is 9.39. The van der Waals surface area contributed by atoms with E-state index >= 15 is 0 Å². The number of amides is 2. The van der Waals surface area contributed by atoms with Crippen LogP contribution in [0.2, 0.25) is 0 Å². The molecule has 0 aromatic heterocycles. The van der Waals surface area contributed by atoms with Gasteiger partial charge in [0.25, 0.3) is 0 Å². The largest absolute Gasteiger partial charge is 0.444 e. The Balaban J connectivity index is 4.93. The van der Waals surface area contributed by atoms with E-state index in [4.69, 9.17) is 10.00 Å². The van der Waals surface area contributed by atoms with Gasteiger partial charge in [-0.15, -0.1) is 0 Å². The first-order valence-corrected chi connectivity index (χ1v) is 8.19. The van der Waals surface area contributed by atoms with E-state index in [1.807, 2.05) is 27.7 Å². The van der Waals surface area contributed by atoms with Crippen molar-refractivity contribution in [3.63, 3.8) is 0 Å². The lowest BCUT2D eigenvalue weighted by atomic mass is 9.97. The van der Waals surface area contributed by atoms with E-state index in [0.29, 0.717) is 12.3 Å². The molecule has 6 heteroatoms. The fourth-order valence-corrected chi connectivity index (χ4v) is 2.01. The van der Waals surface area contributed by atoms with Crippen molar-refractivity contribution >= 4 is 12.0 Å². The molecule has 0 bridgehead atoms. The van der Waals surface area contributed by atoms with Crippen LogP contribution in [0.25, 0.3) is 0 Å². The van der Waals surface area contributed by atoms with E-state index in [0.717, 1.165) is 6.42 Å². The number of hydrogen-bond acceptors (Lipinski definition) is 4. The number of ether oxygens (including phenoxy) is 1. The zero-order valence-electron chi connectivity index (χ0n) is 15.4. The van der Waals surface area contributed by atoms with Crippen LogP contribution >= 0.6 is 0 Å². The maximum Gasteiger partial charge on any atom is 0.408 e. The van der Waals surface area contributed by atoms with Gasteiger partial charge in [-0.25, -0.2) is 4.79 Å². The molecule has 0 rings (SSSR count).